The van der Waals surface area contributed by atoms with Gasteiger partial charge >= 0.3 is 41.8 Å². The maximum absolute atomic E-state index is 11.0. The third-order valence-electron chi connectivity index (χ3n) is 20.4. The number of rotatable bonds is 44. The van der Waals surface area contributed by atoms with Gasteiger partial charge in [-0.2, -0.15) is 0 Å². The van der Waals surface area contributed by atoms with E-state index >= 15 is 0 Å². The number of aliphatic carboxylic acids is 3. The quantitative estimate of drug-likeness (QED) is 0.0153. The summed E-state index contributed by atoms with van der Waals surface area (Å²) in [5.74, 6) is -5.11. The van der Waals surface area contributed by atoms with Crippen LogP contribution < -0.4 is 21.3 Å². The molecule has 6 fully saturated rings. The zero-order valence-electron chi connectivity index (χ0n) is 69.8. The molecule has 0 radical (unpaired) electrons. The molecular weight excluding hydrogens is 1630 g/mol. The summed E-state index contributed by atoms with van der Waals surface area (Å²) in [7, 11) is 7.95. The summed E-state index contributed by atoms with van der Waals surface area (Å²) in [4.78, 5) is 76.2. The normalized spacial score (nSPS) is 33.8. The van der Waals surface area contributed by atoms with E-state index in [0.29, 0.717) is 71.1 Å². The number of methoxy groups -OCH3 is 6. The first-order valence-corrected chi connectivity index (χ1v) is 40.7. The first kappa shape index (κ1) is 114. The molecule has 0 aliphatic carbocycles. The molecule has 0 bridgehead atoms. The second-order valence-corrected chi connectivity index (χ2v) is 29.4. The van der Waals surface area contributed by atoms with Gasteiger partial charge in [0, 0.05) is 39.9 Å². The molecule has 6 rings (SSSR count). The van der Waals surface area contributed by atoms with E-state index in [-0.39, 0.29) is 30.3 Å². The number of carbonyl (C=O) groups excluding carboxylic acids is 4. The summed E-state index contributed by atoms with van der Waals surface area (Å²) >= 11 is 0. The van der Waals surface area contributed by atoms with Gasteiger partial charge in [-0.1, -0.05) is 84.0 Å². The van der Waals surface area contributed by atoms with Gasteiger partial charge in [-0.3, -0.25) is 40.4 Å². The van der Waals surface area contributed by atoms with Crippen LogP contribution in [0, 0.1) is 0 Å². The predicted molar refractivity (Wildman–Crippen MR) is 412 cm³/mol. The van der Waals surface area contributed by atoms with Crippen LogP contribution >= 0.6 is 0 Å². The Bertz CT molecular complexity index is 2760. The molecule has 0 aromatic carbocycles. The lowest BCUT2D eigenvalue weighted by Crippen LogP contribution is -2.63. The lowest BCUT2D eigenvalue weighted by molar-refractivity contribution is -0.294. The minimum absolute atomic E-state index is 0.142. The number of aliphatic hydroxyl groups is 20. The van der Waals surface area contributed by atoms with Crippen molar-refractivity contribution in [1.82, 2.24) is 21.3 Å². The van der Waals surface area contributed by atoms with Crippen LogP contribution in [0.4, 0.5) is 0 Å². The SMILES string of the molecule is CCC1OC(NCCCCC(=O)OC)C(O)C(O)C1O.COC(=O)CCCCCCCCCCNC1OC(C(=O)O)C(O)C(O)C1O.COC(=O)CCCCCCCCCCNC1OC(CO)C(O)C(O)C1O.COC(=O)CCCCNC1OC(C(=O)O)C(O)C(O)C1O.COC1OC(C(=O)O)C(O)C(O)C1O.COC1OC(CO)C(O)C(O)C1O. The number of carboxylic acid groups (broad SMARTS) is 3. The third-order valence-corrected chi connectivity index (χ3v) is 20.4. The van der Waals surface area contributed by atoms with Gasteiger partial charge in [0.2, 0.25) is 0 Å². The third kappa shape index (κ3) is 41.1. The van der Waals surface area contributed by atoms with Gasteiger partial charge in [-0.25, -0.2) is 14.4 Å². The molecule has 0 aromatic heterocycles. The fourth-order valence-corrected chi connectivity index (χ4v) is 12.8. The maximum Gasteiger partial charge on any atom is 0.335 e. The van der Waals surface area contributed by atoms with Gasteiger partial charge in [0.05, 0.1) is 47.8 Å². The molecule has 27 N–H and O–H groups in total. The summed E-state index contributed by atoms with van der Waals surface area (Å²) in [6.07, 6.45) is -17.3. The number of carbonyl (C=O) groups is 7. The van der Waals surface area contributed by atoms with Crippen LogP contribution in [-0.4, -0.2) is 425 Å². The number of unbranched alkanes of at least 4 members (excludes halogenated alkanes) is 16. The van der Waals surface area contributed by atoms with Crippen LogP contribution in [0.5, 0.6) is 0 Å². The fourth-order valence-electron chi connectivity index (χ4n) is 12.8. The van der Waals surface area contributed by atoms with Crippen molar-refractivity contribution >= 4 is 41.8 Å². The minimum Gasteiger partial charge on any atom is -0.479 e. The van der Waals surface area contributed by atoms with E-state index in [4.69, 9.17) is 58.7 Å². The van der Waals surface area contributed by atoms with Gasteiger partial charge in [0.25, 0.3) is 0 Å². The molecular formula is C75H140N4O42. The molecule has 6 aliphatic rings. The van der Waals surface area contributed by atoms with Crippen molar-refractivity contribution in [2.24, 2.45) is 0 Å². The van der Waals surface area contributed by atoms with Crippen LogP contribution in [0.25, 0.3) is 0 Å². The smallest absolute Gasteiger partial charge is 0.335 e. The molecule has 30 unspecified atom stereocenters. The van der Waals surface area contributed by atoms with E-state index in [0.717, 1.165) is 109 Å². The van der Waals surface area contributed by atoms with Crippen LogP contribution in [0.15, 0.2) is 0 Å². The topological polar surface area (TPSA) is 744 Å². The second kappa shape index (κ2) is 63.9. The first-order chi connectivity index (χ1) is 57.4. The number of hydrogen-bond donors (Lipinski definition) is 27. The summed E-state index contributed by atoms with van der Waals surface area (Å²) in [5, 5.41) is 228. The van der Waals surface area contributed by atoms with Gasteiger partial charge in [0.1, 0.15) is 147 Å². The Morgan fingerprint density at radius 3 is 0.752 bits per heavy atom. The zero-order chi connectivity index (χ0) is 91.6. The molecule has 0 saturated carbocycles. The molecule has 712 valence electrons. The van der Waals surface area contributed by atoms with Crippen LogP contribution in [-0.2, 0) is 90.4 Å². The number of ether oxygens (including phenoxy) is 12. The lowest BCUT2D eigenvalue weighted by atomic mass is 9.96. The highest BCUT2D eigenvalue weighted by molar-refractivity contribution is 5.74. The molecule has 121 heavy (non-hydrogen) atoms. The average Bonchev–Trinajstić information content (AvgIpc) is 0.801. The number of hydrogen-bond acceptors (Lipinski definition) is 43. The van der Waals surface area contributed by atoms with Crippen LogP contribution in [0.3, 0.4) is 0 Å². The molecule has 6 aliphatic heterocycles. The van der Waals surface area contributed by atoms with Crippen molar-refractivity contribution in [2.45, 2.75) is 351 Å². The van der Waals surface area contributed by atoms with Gasteiger partial charge in [0.15, 0.2) is 30.9 Å². The van der Waals surface area contributed by atoms with E-state index in [1.54, 1.807) is 0 Å². The second-order valence-electron chi connectivity index (χ2n) is 29.4. The summed E-state index contributed by atoms with van der Waals surface area (Å²) in [6, 6.07) is 0. The zero-order valence-corrected chi connectivity index (χ0v) is 69.8. The molecule has 46 heteroatoms. The van der Waals surface area contributed by atoms with Crippen molar-refractivity contribution in [3.05, 3.63) is 0 Å². The monoisotopic (exact) mass is 1770 g/mol. The maximum atomic E-state index is 11.0. The minimum atomic E-state index is -1.70. The van der Waals surface area contributed by atoms with Crippen molar-refractivity contribution < 1.29 is 208 Å². The molecule has 46 nitrogen and oxygen atoms in total. The van der Waals surface area contributed by atoms with Gasteiger partial charge in [-0.15, -0.1) is 0 Å². The molecule has 0 spiro atoms. The Balaban J connectivity index is 0.000000738. The van der Waals surface area contributed by atoms with E-state index < -0.39 is 215 Å². The van der Waals surface area contributed by atoms with E-state index in [2.05, 4.69) is 45.0 Å². The highest BCUT2D eigenvalue weighted by atomic mass is 16.7. The largest absolute Gasteiger partial charge is 0.479 e. The summed E-state index contributed by atoms with van der Waals surface area (Å²) in [6.45, 7) is 3.00. The number of carboxylic acids is 3. The molecule has 6 saturated heterocycles. The van der Waals surface area contributed by atoms with Crippen molar-refractivity contribution in [3.8, 4) is 0 Å². The Morgan fingerprint density at radius 1 is 0.256 bits per heavy atom. The molecule has 30 atom stereocenters. The number of esters is 4. The molecule has 0 amide bonds. The van der Waals surface area contributed by atoms with E-state index in [1.165, 1.54) is 42.7 Å². The van der Waals surface area contributed by atoms with Crippen molar-refractivity contribution in [3.63, 3.8) is 0 Å². The van der Waals surface area contributed by atoms with Crippen molar-refractivity contribution in [2.75, 3.05) is 82.1 Å². The average molecular weight is 1770 g/mol. The molecule has 0 aromatic rings. The standard InChI is InChI=1S/C18H33NO8.C18H35NO7.C13H25NO6.C12H21NO8.C7H12O7.C7H14O6/c1-26-12(20)10-8-6-4-2-3-5-7-9-11-19-17-15(23)13(21)14(22)16(27-17)18(24)25;1-25-14(21)10-8-6-4-2-3-5-7-9-11-19-18-17(24)16(23)15(22)13(12-20)26-18;1-3-8-10(16)11(17)12(18)13(20-8)14-7-5-4-6-9(15)19-2;1-20-6(14)4-2-3-5-13-11-9(17)7(15)8(16)10(21-11)12(18)19;1-13-7-4(10)2(8)3(9)5(14-7)6(11)12;1-12-7-6(11)5(10)4(9)3(2-8)13-7/h13-17,19,21-23H,2-11H2,1H3,(H,24,25);13,15-20,22-24H,2-12H2,1H3;8,10-14,16-18H,3-7H2,1-2H3;7-11,13,15-17H,2-5H2,1H3,(H,18,19);2-5,7-10H,1H3,(H,11,12);3-11H,2H2,1H3. The Morgan fingerprint density at radius 2 is 0.471 bits per heavy atom. The Hall–Kier alpha value is -4.99. The van der Waals surface area contributed by atoms with Crippen molar-refractivity contribution in [1.29, 1.82) is 0 Å². The van der Waals surface area contributed by atoms with Gasteiger partial charge in [-0.05, 0) is 84.0 Å². The van der Waals surface area contributed by atoms with Crippen LogP contribution in [0.1, 0.15) is 167 Å². The van der Waals surface area contributed by atoms with E-state index in [9.17, 15) is 125 Å². The number of aliphatic hydroxyl groups excluding tert-OH is 20. The fraction of sp³-hybridized carbons (Fsp3) is 0.907. The van der Waals surface area contributed by atoms with Crippen LogP contribution in [0.2, 0.25) is 0 Å². The van der Waals surface area contributed by atoms with Gasteiger partial charge < -0.3 is 174 Å². The Kier molecular flexibility index (Phi) is 60.2. The number of nitrogens with one attached hydrogen (secondary N) is 4. The lowest BCUT2D eigenvalue weighted by Gasteiger charge is -2.40. The highest BCUT2D eigenvalue weighted by Gasteiger charge is 2.51. The first-order valence-electron chi connectivity index (χ1n) is 40.7. The summed E-state index contributed by atoms with van der Waals surface area (Å²) in [5.41, 5.74) is 0. The Labute approximate surface area is 702 Å². The predicted octanol–water partition coefficient (Wildman–Crippen LogP) is -7.88. The molecule has 6 heterocycles. The highest BCUT2D eigenvalue weighted by Crippen LogP contribution is 2.27. The van der Waals surface area contributed by atoms with E-state index in [1.807, 2.05) is 6.92 Å². The summed E-state index contributed by atoms with van der Waals surface area (Å²) < 4.78 is 58.2.